The summed E-state index contributed by atoms with van der Waals surface area (Å²) in [6, 6.07) is 3.50. The molecule has 104 valence electrons. The third-order valence-corrected chi connectivity index (χ3v) is 2.57. The number of carbonyl (C=O) groups is 2. The van der Waals surface area contributed by atoms with Crippen LogP contribution < -0.4 is 0 Å². The highest BCUT2D eigenvalue weighted by atomic mass is 16.5. The molecule has 0 aliphatic rings. The number of carboxylic acid groups (broad SMARTS) is 1. The molecule has 0 amide bonds. The van der Waals surface area contributed by atoms with Crippen molar-refractivity contribution in [2.45, 2.75) is 32.7 Å². The van der Waals surface area contributed by atoms with E-state index in [9.17, 15) is 9.59 Å². The molecule has 0 saturated carbocycles. The molecule has 0 spiro atoms. The Kier molecular flexibility index (Phi) is 6.43. The van der Waals surface area contributed by atoms with Crippen molar-refractivity contribution < 1.29 is 19.4 Å². The lowest BCUT2D eigenvalue weighted by Crippen LogP contribution is -2.14. The summed E-state index contributed by atoms with van der Waals surface area (Å²) in [5.41, 5.74) is 0.660. The maximum Gasteiger partial charge on any atom is 0.328 e. The van der Waals surface area contributed by atoms with Crippen molar-refractivity contribution in [1.82, 2.24) is 4.57 Å². The minimum Gasteiger partial charge on any atom is -0.478 e. The second-order valence-corrected chi connectivity index (χ2v) is 4.16. The molecule has 0 fully saturated rings. The van der Waals surface area contributed by atoms with Gasteiger partial charge in [0.2, 0.25) is 0 Å². The van der Waals surface area contributed by atoms with Gasteiger partial charge in [-0.2, -0.15) is 0 Å². The first-order chi connectivity index (χ1) is 9.13. The van der Waals surface area contributed by atoms with Crippen molar-refractivity contribution in [2.75, 3.05) is 6.61 Å². The Labute approximate surface area is 112 Å². The van der Waals surface area contributed by atoms with Crippen molar-refractivity contribution in [1.29, 1.82) is 0 Å². The van der Waals surface area contributed by atoms with Gasteiger partial charge in [0.1, 0.15) is 6.54 Å². The van der Waals surface area contributed by atoms with Crippen molar-refractivity contribution >= 4 is 18.0 Å². The molecule has 0 bridgehead atoms. The number of unbranched alkanes of at least 4 members (excludes halogenated alkanes) is 2. The van der Waals surface area contributed by atoms with Crippen LogP contribution in [0.4, 0.5) is 0 Å². The van der Waals surface area contributed by atoms with E-state index in [4.69, 9.17) is 9.84 Å². The van der Waals surface area contributed by atoms with Crippen LogP contribution in [0.2, 0.25) is 0 Å². The van der Waals surface area contributed by atoms with Gasteiger partial charge in [-0.25, -0.2) is 4.79 Å². The number of carbonyl (C=O) groups excluding carboxylic acids is 1. The summed E-state index contributed by atoms with van der Waals surface area (Å²) in [6.07, 6.45) is 7.21. The van der Waals surface area contributed by atoms with E-state index >= 15 is 0 Å². The van der Waals surface area contributed by atoms with E-state index < -0.39 is 5.97 Å². The number of ether oxygens (including phenoxy) is 1. The number of rotatable bonds is 8. The maximum atomic E-state index is 11.6. The lowest BCUT2D eigenvalue weighted by molar-refractivity contribution is -0.144. The zero-order valence-corrected chi connectivity index (χ0v) is 11.0. The topological polar surface area (TPSA) is 68.5 Å². The van der Waals surface area contributed by atoms with Gasteiger partial charge >= 0.3 is 11.9 Å². The molecule has 5 nitrogen and oxygen atoms in total. The first-order valence-corrected chi connectivity index (χ1v) is 6.35. The van der Waals surface area contributed by atoms with Crippen LogP contribution in [0.25, 0.3) is 6.08 Å². The van der Waals surface area contributed by atoms with E-state index in [0.717, 1.165) is 25.3 Å². The fourth-order valence-electron chi connectivity index (χ4n) is 1.60. The van der Waals surface area contributed by atoms with Gasteiger partial charge in [-0.15, -0.1) is 0 Å². The fraction of sp³-hybridized carbons (Fsp3) is 0.429. The standard InChI is InChI=1S/C14H19NO4/c1-2-3-4-10-19-14(18)11-15-9-5-6-12(15)7-8-13(16)17/h5-9H,2-4,10-11H2,1H3,(H,16,17)/b8-7+. The normalized spacial score (nSPS) is 10.8. The number of hydrogen-bond acceptors (Lipinski definition) is 3. The van der Waals surface area contributed by atoms with E-state index in [1.54, 1.807) is 22.9 Å². The van der Waals surface area contributed by atoms with Gasteiger partial charge < -0.3 is 14.4 Å². The molecule has 1 heterocycles. The van der Waals surface area contributed by atoms with Crippen molar-refractivity contribution in [3.63, 3.8) is 0 Å². The molecule has 0 saturated heterocycles. The Morgan fingerprint density at radius 1 is 1.42 bits per heavy atom. The van der Waals surface area contributed by atoms with Crippen LogP contribution in [0.15, 0.2) is 24.4 Å². The fourth-order valence-corrected chi connectivity index (χ4v) is 1.60. The van der Waals surface area contributed by atoms with Crippen LogP contribution in [0.3, 0.4) is 0 Å². The molecule has 1 aromatic heterocycles. The third-order valence-electron chi connectivity index (χ3n) is 2.57. The second-order valence-electron chi connectivity index (χ2n) is 4.16. The van der Waals surface area contributed by atoms with Gasteiger partial charge in [0.05, 0.1) is 6.61 Å². The molecule has 1 rings (SSSR count). The SMILES string of the molecule is CCCCCOC(=O)Cn1cccc1/C=C/C(=O)O. The highest BCUT2D eigenvalue weighted by Gasteiger charge is 2.06. The van der Waals surface area contributed by atoms with Crippen LogP contribution in [-0.4, -0.2) is 28.2 Å². The lowest BCUT2D eigenvalue weighted by Gasteiger charge is -2.07. The van der Waals surface area contributed by atoms with Gasteiger partial charge in [-0.05, 0) is 24.6 Å². The summed E-state index contributed by atoms with van der Waals surface area (Å²) in [5.74, 6) is -1.33. The Bertz CT molecular complexity index is 448. The van der Waals surface area contributed by atoms with Crippen LogP contribution in [-0.2, 0) is 20.9 Å². The number of hydrogen-bond donors (Lipinski definition) is 1. The van der Waals surface area contributed by atoms with E-state index in [-0.39, 0.29) is 12.5 Å². The highest BCUT2D eigenvalue weighted by Crippen LogP contribution is 2.05. The molecule has 0 aliphatic carbocycles. The molecule has 0 aliphatic heterocycles. The largest absolute Gasteiger partial charge is 0.478 e. The van der Waals surface area contributed by atoms with E-state index in [0.29, 0.717) is 12.3 Å². The summed E-state index contributed by atoms with van der Waals surface area (Å²) in [6.45, 7) is 2.62. The van der Waals surface area contributed by atoms with Crippen LogP contribution in [0, 0.1) is 0 Å². The van der Waals surface area contributed by atoms with Gasteiger partial charge in [-0.1, -0.05) is 19.8 Å². The average molecular weight is 265 g/mol. The Hall–Kier alpha value is -2.04. The number of aromatic nitrogens is 1. The Morgan fingerprint density at radius 2 is 2.21 bits per heavy atom. The van der Waals surface area contributed by atoms with Crippen LogP contribution in [0.5, 0.6) is 0 Å². The summed E-state index contributed by atoms with van der Waals surface area (Å²) in [4.78, 5) is 22.0. The smallest absolute Gasteiger partial charge is 0.328 e. The predicted molar refractivity (Wildman–Crippen MR) is 71.6 cm³/mol. The molecular weight excluding hydrogens is 246 g/mol. The molecule has 0 atom stereocenters. The lowest BCUT2D eigenvalue weighted by atomic mass is 10.3. The van der Waals surface area contributed by atoms with E-state index in [1.807, 2.05) is 0 Å². The highest BCUT2D eigenvalue weighted by molar-refractivity contribution is 5.85. The quantitative estimate of drug-likeness (QED) is 0.445. The number of nitrogens with zero attached hydrogens (tertiary/aromatic N) is 1. The summed E-state index contributed by atoms with van der Waals surface area (Å²) < 4.78 is 6.75. The van der Waals surface area contributed by atoms with Gasteiger partial charge in [0, 0.05) is 18.0 Å². The molecule has 0 radical (unpaired) electrons. The van der Waals surface area contributed by atoms with E-state index in [1.165, 1.54) is 6.08 Å². The van der Waals surface area contributed by atoms with Gasteiger partial charge in [-0.3, -0.25) is 4.79 Å². The third kappa shape index (κ3) is 5.90. The number of carboxylic acids is 1. The first-order valence-electron chi connectivity index (χ1n) is 6.35. The van der Waals surface area contributed by atoms with Gasteiger partial charge in [0.25, 0.3) is 0 Å². The molecule has 1 N–H and O–H groups in total. The van der Waals surface area contributed by atoms with Crippen molar-refractivity contribution in [3.05, 3.63) is 30.1 Å². The van der Waals surface area contributed by atoms with Crippen molar-refractivity contribution in [2.24, 2.45) is 0 Å². The molecule has 19 heavy (non-hydrogen) atoms. The maximum absolute atomic E-state index is 11.6. The molecule has 0 unspecified atom stereocenters. The van der Waals surface area contributed by atoms with Crippen molar-refractivity contribution in [3.8, 4) is 0 Å². The monoisotopic (exact) mass is 265 g/mol. The van der Waals surface area contributed by atoms with Crippen LogP contribution >= 0.6 is 0 Å². The zero-order chi connectivity index (χ0) is 14.1. The number of aliphatic carboxylic acids is 1. The second kappa shape index (κ2) is 8.13. The first kappa shape index (κ1) is 15.0. The van der Waals surface area contributed by atoms with Crippen LogP contribution in [0.1, 0.15) is 31.9 Å². The van der Waals surface area contributed by atoms with Gasteiger partial charge in [0.15, 0.2) is 0 Å². The predicted octanol–water partition coefficient (Wildman–Crippen LogP) is 2.32. The average Bonchev–Trinajstić information content (AvgIpc) is 2.79. The molecule has 0 aromatic carbocycles. The summed E-state index contributed by atoms with van der Waals surface area (Å²) in [5, 5.41) is 8.56. The Balaban J connectivity index is 2.46. The number of esters is 1. The zero-order valence-electron chi connectivity index (χ0n) is 11.0. The Morgan fingerprint density at radius 3 is 2.89 bits per heavy atom. The molecule has 1 aromatic rings. The molecular formula is C14H19NO4. The summed E-state index contributed by atoms with van der Waals surface area (Å²) in [7, 11) is 0. The summed E-state index contributed by atoms with van der Waals surface area (Å²) >= 11 is 0. The molecule has 5 heteroatoms. The van der Waals surface area contributed by atoms with E-state index in [2.05, 4.69) is 6.92 Å². The minimum absolute atomic E-state index is 0.0957. The minimum atomic E-state index is -1.02.